The van der Waals surface area contributed by atoms with Gasteiger partial charge in [0.15, 0.2) is 5.13 Å². The molecule has 1 aromatic heterocycles. The summed E-state index contributed by atoms with van der Waals surface area (Å²) in [4.78, 5) is 29.8. The maximum absolute atomic E-state index is 13.5. The second kappa shape index (κ2) is 10.8. The molecule has 0 radical (unpaired) electrons. The number of aromatic nitrogens is 1. The van der Waals surface area contributed by atoms with Gasteiger partial charge in [0.25, 0.3) is 0 Å². The summed E-state index contributed by atoms with van der Waals surface area (Å²) in [6.45, 7) is 2.74. The zero-order valence-electron chi connectivity index (χ0n) is 16.8. The molecule has 30 heavy (non-hydrogen) atoms. The van der Waals surface area contributed by atoms with E-state index < -0.39 is 5.97 Å². The van der Waals surface area contributed by atoms with E-state index >= 15 is 0 Å². The zero-order valence-corrected chi connectivity index (χ0v) is 18.5. The summed E-state index contributed by atoms with van der Waals surface area (Å²) in [5, 5.41) is 12.1. The Kier molecular flexibility index (Phi) is 8.09. The monoisotopic (exact) mass is 451 g/mol. The molecule has 162 valence electrons. The van der Waals surface area contributed by atoms with Crippen molar-refractivity contribution in [2.75, 3.05) is 17.6 Å². The van der Waals surface area contributed by atoms with E-state index in [-0.39, 0.29) is 23.6 Å². The molecule has 1 aliphatic rings. The number of thiazole rings is 1. The number of carbonyl (C=O) groups is 2. The maximum Gasteiger partial charge on any atom is 0.323 e. The third-order valence-electron chi connectivity index (χ3n) is 5.25. The number of aliphatic carboxylic acids is 1. The molecule has 0 aliphatic heterocycles. The number of benzene rings is 1. The second-order valence-electron chi connectivity index (χ2n) is 7.58. The van der Waals surface area contributed by atoms with Crippen LogP contribution in [-0.4, -0.2) is 45.3 Å². The standard InChI is InChI=1S/C21H26FN3O3S2/c1-14-5-7-17(8-6-14)25(10-9-15-3-2-4-16(22)11-15)21(28)24-20-23-12-19(30-20)29-13-18(26)27/h2-4,11-12,14,17H,5-10,13H2,1H3,(H,26,27)(H,23,24,28). The van der Waals surface area contributed by atoms with Crippen LogP contribution in [0.5, 0.6) is 0 Å². The van der Waals surface area contributed by atoms with Crippen molar-refractivity contribution in [2.24, 2.45) is 5.92 Å². The van der Waals surface area contributed by atoms with Gasteiger partial charge >= 0.3 is 12.0 Å². The van der Waals surface area contributed by atoms with Crippen molar-refractivity contribution >= 4 is 40.2 Å². The number of hydrogen-bond donors (Lipinski definition) is 2. The predicted molar refractivity (Wildman–Crippen MR) is 118 cm³/mol. The lowest BCUT2D eigenvalue weighted by atomic mass is 9.86. The summed E-state index contributed by atoms with van der Waals surface area (Å²) < 4.78 is 14.3. The molecule has 2 aromatic rings. The summed E-state index contributed by atoms with van der Waals surface area (Å²) in [6.07, 6.45) is 6.23. The highest BCUT2D eigenvalue weighted by atomic mass is 32.2. The molecule has 0 unspecified atom stereocenters. The van der Waals surface area contributed by atoms with Crippen LogP contribution >= 0.6 is 23.1 Å². The van der Waals surface area contributed by atoms with Crippen molar-refractivity contribution in [2.45, 2.75) is 49.3 Å². The summed E-state index contributed by atoms with van der Waals surface area (Å²) in [7, 11) is 0. The van der Waals surface area contributed by atoms with Crippen molar-refractivity contribution in [1.82, 2.24) is 9.88 Å². The van der Waals surface area contributed by atoms with Crippen molar-refractivity contribution in [3.63, 3.8) is 0 Å². The molecule has 0 atom stereocenters. The van der Waals surface area contributed by atoms with Crippen LogP contribution in [0.25, 0.3) is 0 Å². The second-order valence-corrected chi connectivity index (χ2v) is 9.89. The SMILES string of the molecule is CC1CCC(N(CCc2cccc(F)c2)C(=O)Nc2ncc(SCC(=O)O)s2)CC1. The van der Waals surface area contributed by atoms with E-state index in [1.54, 1.807) is 12.3 Å². The van der Waals surface area contributed by atoms with Gasteiger partial charge in [0.1, 0.15) is 5.82 Å². The minimum atomic E-state index is -0.894. The fraction of sp³-hybridized carbons (Fsp3) is 0.476. The average Bonchev–Trinajstić information content (AvgIpc) is 3.15. The molecule has 0 saturated heterocycles. The molecular weight excluding hydrogens is 425 g/mol. The first-order chi connectivity index (χ1) is 14.4. The van der Waals surface area contributed by atoms with Crippen molar-refractivity contribution in [3.8, 4) is 0 Å². The molecule has 1 heterocycles. The van der Waals surface area contributed by atoms with Gasteiger partial charge < -0.3 is 10.0 Å². The Labute approximate surface area is 183 Å². The number of nitrogens with zero attached hydrogens (tertiary/aromatic N) is 2. The van der Waals surface area contributed by atoms with E-state index in [1.165, 1.54) is 35.2 Å². The van der Waals surface area contributed by atoms with Gasteiger partial charge in [-0.2, -0.15) is 0 Å². The van der Waals surface area contributed by atoms with Gasteiger partial charge in [0.2, 0.25) is 0 Å². The van der Waals surface area contributed by atoms with Crippen molar-refractivity contribution < 1.29 is 19.1 Å². The number of rotatable bonds is 8. The largest absolute Gasteiger partial charge is 0.481 e. The highest BCUT2D eigenvalue weighted by Gasteiger charge is 2.28. The number of carboxylic acid groups (broad SMARTS) is 1. The fourth-order valence-corrected chi connectivity index (χ4v) is 5.21. The average molecular weight is 452 g/mol. The molecule has 6 nitrogen and oxygen atoms in total. The summed E-state index contributed by atoms with van der Waals surface area (Å²) in [6, 6.07) is 6.41. The lowest BCUT2D eigenvalue weighted by Crippen LogP contribution is -2.45. The number of hydrogen-bond acceptors (Lipinski definition) is 5. The molecule has 0 spiro atoms. The van der Waals surface area contributed by atoms with Gasteiger partial charge in [-0.3, -0.25) is 10.1 Å². The van der Waals surface area contributed by atoms with Gasteiger partial charge in [-0.1, -0.05) is 30.4 Å². The zero-order chi connectivity index (χ0) is 21.5. The third-order valence-corrected chi connectivity index (χ3v) is 7.35. The summed E-state index contributed by atoms with van der Waals surface area (Å²) in [5.74, 6) is -0.546. The molecule has 3 rings (SSSR count). The molecule has 2 amide bonds. The third kappa shape index (κ3) is 6.70. The Morgan fingerprint density at radius 1 is 1.33 bits per heavy atom. The number of nitrogens with one attached hydrogen (secondary N) is 1. The van der Waals surface area contributed by atoms with Gasteiger partial charge in [-0.15, -0.1) is 11.8 Å². The number of thioether (sulfide) groups is 1. The highest BCUT2D eigenvalue weighted by Crippen LogP contribution is 2.30. The Balaban J connectivity index is 1.65. The van der Waals surface area contributed by atoms with E-state index in [4.69, 9.17) is 5.11 Å². The number of halogens is 1. The van der Waals surface area contributed by atoms with Crippen LogP contribution < -0.4 is 5.32 Å². The number of carbonyl (C=O) groups excluding carboxylic acids is 1. The minimum Gasteiger partial charge on any atom is -0.481 e. The van der Waals surface area contributed by atoms with Gasteiger partial charge in [0, 0.05) is 12.6 Å². The summed E-state index contributed by atoms with van der Waals surface area (Å²) in [5.41, 5.74) is 0.860. The van der Waals surface area contributed by atoms with E-state index in [2.05, 4.69) is 17.2 Å². The Morgan fingerprint density at radius 3 is 2.80 bits per heavy atom. The Morgan fingerprint density at radius 2 is 2.10 bits per heavy atom. The molecule has 1 aliphatic carbocycles. The van der Waals surface area contributed by atoms with Crippen LogP contribution in [0.1, 0.15) is 38.2 Å². The van der Waals surface area contributed by atoms with Gasteiger partial charge in [-0.05, 0) is 55.7 Å². The number of amides is 2. The summed E-state index contributed by atoms with van der Waals surface area (Å²) >= 11 is 2.44. The first kappa shape index (κ1) is 22.6. The predicted octanol–water partition coefficient (Wildman–Crippen LogP) is 5.11. The van der Waals surface area contributed by atoms with Gasteiger partial charge in [-0.25, -0.2) is 14.2 Å². The molecule has 0 bridgehead atoms. The molecule has 1 aromatic carbocycles. The number of carboxylic acids is 1. The van der Waals surface area contributed by atoms with Gasteiger partial charge in [0.05, 0.1) is 16.2 Å². The van der Waals surface area contributed by atoms with E-state index in [0.717, 1.165) is 35.5 Å². The van der Waals surface area contributed by atoms with E-state index in [1.807, 2.05) is 11.0 Å². The molecule has 2 N–H and O–H groups in total. The number of urea groups is 1. The lowest BCUT2D eigenvalue weighted by molar-refractivity contribution is -0.133. The van der Waals surface area contributed by atoms with Crippen LogP contribution in [0.2, 0.25) is 0 Å². The van der Waals surface area contributed by atoms with Crippen LogP contribution in [0, 0.1) is 11.7 Å². The van der Waals surface area contributed by atoms with Crippen molar-refractivity contribution in [3.05, 3.63) is 41.8 Å². The normalized spacial score (nSPS) is 18.7. The maximum atomic E-state index is 13.5. The van der Waals surface area contributed by atoms with Crippen LogP contribution in [0.3, 0.4) is 0 Å². The quantitative estimate of drug-likeness (QED) is 0.545. The van der Waals surface area contributed by atoms with Crippen molar-refractivity contribution in [1.29, 1.82) is 0 Å². The number of anilines is 1. The Bertz CT molecular complexity index is 869. The smallest absolute Gasteiger partial charge is 0.323 e. The topological polar surface area (TPSA) is 82.5 Å². The molecule has 1 saturated carbocycles. The fourth-order valence-electron chi connectivity index (χ4n) is 3.63. The lowest BCUT2D eigenvalue weighted by Gasteiger charge is -2.36. The molecule has 1 fully saturated rings. The molecule has 9 heteroatoms. The van der Waals surface area contributed by atoms with E-state index in [9.17, 15) is 14.0 Å². The minimum absolute atomic E-state index is 0.0460. The van der Waals surface area contributed by atoms with Crippen LogP contribution in [-0.2, 0) is 11.2 Å². The van der Waals surface area contributed by atoms with Crippen LogP contribution in [0.4, 0.5) is 14.3 Å². The van der Waals surface area contributed by atoms with Crippen LogP contribution in [0.15, 0.2) is 34.7 Å². The van der Waals surface area contributed by atoms with E-state index in [0.29, 0.717) is 24.0 Å². The first-order valence-electron chi connectivity index (χ1n) is 10.0. The first-order valence-corrected chi connectivity index (χ1v) is 11.8. The Hall–Kier alpha value is -2.13. The molecular formula is C21H26FN3O3S2. The highest BCUT2D eigenvalue weighted by molar-refractivity contribution is 8.01.